The van der Waals surface area contributed by atoms with Crippen molar-refractivity contribution in [2.75, 3.05) is 11.3 Å². The average Bonchev–Trinajstić information content (AvgIpc) is 2.71. The van der Waals surface area contributed by atoms with E-state index in [-0.39, 0.29) is 14.9 Å². The third kappa shape index (κ3) is 4.72. The van der Waals surface area contributed by atoms with Crippen molar-refractivity contribution in [2.45, 2.75) is 18.2 Å². The SMILES string of the molecule is CCCOc1ccccc1NS(=O)(=O)c1ccc(-n2ncc(Cl)c(Cl)c2=O)cc1. The van der Waals surface area contributed by atoms with Crippen LogP contribution in [0, 0.1) is 0 Å². The molecule has 0 bridgehead atoms. The molecule has 29 heavy (non-hydrogen) atoms. The van der Waals surface area contributed by atoms with E-state index in [0.717, 1.165) is 11.1 Å². The summed E-state index contributed by atoms with van der Waals surface area (Å²) in [6.07, 6.45) is 2.04. The van der Waals surface area contributed by atoms with E-state index in [2.05, 4.69) is 9.82 Å². The molecule has 0 spiro atoms. The van der Waals surface area contributed by atoms with E-state index >= 15 is 0 Å². The molecule has 7 nitrogen and oxygen atoms in total. The summed E-state index contributed by atoms with van der Waals surface area (Å²) in [5, 5.41) is 3.79. The van der Waals surface area contributed by atoms with Gasteiger partial charge in [-0.25, -0.2) is 8.42 Å². The van der Waals surface area contributed by atoms with Crippen LogP contribution in [-0.2, 0) is 10.0 Å². The van der Waals surface area contributed by atoms with E-state index in [0.29, 0.717) is 23.7 Å². The molecule has 0 unspecified atom stereocenters. The first-order chi connectivity index (χ1) is 13.8. The maximum atomic E-state index is 12.8. The van der Waals surface area contributed by atoms with Gasteiger partial charge in [0, 0.05) is 0 Å². The van der Waals surface area contributed by atoms with Gasteiger partial charge in [-0.1, -0.05) is 42.3 Å². The summed E-state index contributed by atoms with van der Waals surface area (Å²) >= 11 is 11.6. The number of nitrogens with one attached hydrogen (secondary N) is 1. The average molecular weight is 454 g/mol. The summed E-state index contributed by atoms with van der Waals surface area (Å²) in [7, 11) is -3.87. The van der Waals surface area contributed by atoms with E-state index < -0.39 is 15.6 Å². The molecule has 0 saturated carbocycles. The van der Waals surface area contributed by atoms with E-state index in [9.17, 15) is 13.2 Å². The van der Waals surface area contributed by atoms with Crippen LogP contribution < -0.4 is 15.0 Å². The Labute approximate surface area is 177 Å². The highest BCUT2D eigenvalue weighted by atomic mass is 35.5. The number of benzene rings is 2. The zero-order chi connectivity index (χ0) is 21.0. The molecule has 0 saturated heterocycles. The second-order valence-electron chi connectivity index (χ2n) is 5.97. The van der Waals surface area contributed by atoms with Crippen LogP contribution in [0.3, 0.4) is 0 Å². The largest absolute Gasteiger partial charge is 0.491 e. The van der Waals surface area contributed by atoms with E-state index in [1.807, 2.05) is 6.92 Å². The zero-order valence-electron chi connectivity index (χ0n) is 15.3. The second kappa shape index (κ2) is 8.86. The van der Waals surface area contributed by atoms with Gasteiger partial charge in [-0.15, -0.1) is 0 Å². The molecule has 2 aromatic carbocycles. The molecule has 0 atom stereocenters. The molecule has 0 fully saturated rings. The van der Waals surface area contributed by atoms with Crippen LogP contribution in [0.1, 0.15) is 13.3 Å². The van der Waals surface area contributed by atoms with Crippen molar-refractivity contribution in [3.8, 4) is 11.4 Å². The van der Waals surface area contributed by atoms with Gasteiger partial charge in [-0.05, 0) is 42.8 Å². The minimum atomic E-state index is -3.87. The van der Waals surface area contributed by atoms with Crippen LogP contribution >= 0.6 is 23.2 Å². The molecule has 0 aliphatic carbocycles. The summed E-state index contributed by atoms with van der Waals surface area (Å²) < 4.78 is 34.6. The number of ether oxygens (including phenoxy) is 1. The molecule has 0 amide bonds. The predicted octanol–water partition coefficient (Wildman–Crippen LogP) is 4.13. The molecule has 3 aromatic rings. The number of rotatable bonds is 7. The standard InChI is InChI=1S/C19H17Cl2N3O4S/c1-2-11-28-17-6-4-3-5-16(17)23-29(26,27)14-9-7-13(8-10-14)24-19(25)18(21)15(20)12-22-24/h3-10,12,23H,2,11H2,1H3. The summed E-state index contributed by atoms with van der Waals surface area (Å²) in [4.78, 5) is 12.2. The number of para-hydroxylation sites is 2. The number of hydrogen-bond donors (Lipinski definition) is 1. The van der Waals surface area contributed by atoms with Crippen molar-refractivity contribution in [3.63, 3.8) is 0 Å². The Hall–Kier alpha value is -2.55. The Bertz CT molecular complexity index is 1180. The Morgan fingerprint density at radius 2 is 1.79 bits per heavy atom. The van der Waals surface area contributed by atoms with Gasteiger partial charge in [0.25, 0.3) is 15.6 Å². The highest BCUT2D eigenvalue weighted by Crippen LogP contribution is 2.27. The van der Waals surface area contributed by atoms with Crippen molar-refractivity contribution in [2.24, 2.45) is 0 Å². The maximum absolute atomic E-state index is 12.8. The molecule has 1 heterocycles. The van der Waals surface area contributed by atoms with Crippen LogP contribution in [0.15, 0.2) is 64.4 Å². The summed E-state index contributed by atoms with van der Waals surface area (Å²) in [5.74, 6) is 0.445. The lowest BCUT2D eigenvalue weighted by atomic mass is 10.3. The van der Waals surface area contributed by atoms with Crippen LogP contribution in [0.4, 0.5) is 5.69 Å². The maximum Gasteiger partial charge on any atom is 0.291 e. The number of sulfonamides is 1. The Balaban J connectivity index is 1.88. The number of anilines is 1. The lowest BCUT2D eigenvalue weighted by molar-refractivity contribution is 0.319. The summed E-state index contributed by atoms with van der Waals surface area (Å²) in [6.45, 7) is 2.43. The van der Waals surface area contributed by atoms with E-state index in [4.69, 9.17) is 27.9 Å². The van der Waals surface area contributed by atoms with Crippen LogP contribution in [-0.4, -0.2) is 24.8 Å². The van der Waals surface area contributed by atoms with Gasteiger partial charge in [0.15, 0.2) is 0 Å². The molecule has 3 rings (SSSR count). The zero-order valence-corrected chi connectivity index (χ0v) is 17.6. The lowest BCUT2D eigenvalue weighted by Crippen LogP contribution is -2.21. The Morgan fingerprint density at radius 3 is 2.48 bits per heavy atom. The minimum Gasteiger partial charge on any atom is -0.491 e. The monoisotopic (exact) mass is 453 g/mol. The first-order valence-electron chi connectivity index (χ1n) is 8.62. The number of aromatic nitrogens is 2. The van der Waals surface area contributed by atoms with Gasteiger partial charge in [-0.2, -0.15) is 9.78 Å². The van der Waals surface area contributed by atoms with E-state index in [1.165, 1.54) is 30.5 Å². The summed E-state index contributed by atoms with van der Waals surface area (Å²) in [6, 6.07) is 12.4. The quantitative estimate of drug-likeness (QED) is 0.580. The molecule has 0 radical (unpaired) electrons. The third-order valence-electron chi connectivity index (χ3n) is 3.86. The minimum absolute atomic E-state index is 0.0136. The van der Waals surface area contributed by atoms with Gasteiger partial charge in [0.2, 0.25) is 0 Å². The van der Waals surface area contributed by atoms with Crippen molar-refractivity contribution >= 4 is 38.9 Å². The van der Waals surface area contributed by atoms with Crippen LogP contribution in [0.2, 0.25) is 10.0 Å². The number of nitrogens with zero attached hydrogens (tertiary/aromatic N) is 2. The van der Waals surface area contributed by atoms with Crippen molar-refractivity contribution < 1.29 is 13.2 Å². The van der Waals surface area contributed by atoms with Crippen molar-refractivity contribution in [3.05, 3.63) is 75.1 Å². The van der Waals surface area contributed by atoms with Crippen LogP contribution in [0.5, 0.6) is 5.75 Å². The van der Waals surface area contributed by atoms with Crippen molar-refractivity contribution in [1.82, 2.24) is 9.78 Å². The van der Waals surface area contributed by atoms with E-state index in [1.54, 1.807) is 24.3 Å². The Morgan fingerprint density at radius 1 is 1.10 bits per heavy atom. The summed E-state index contributed by atoms with van der Waals surface area (Å²) in [5.41, 5.74) is 0.0847. The molecule has 0 aliphatic rings. The fourth-order valence-electron chi connectivity index (χ4n) is 2.46. The van der Waals surface area contributed by atoms with Crippen molar-refractivity contribution in [1.29, 1.82) is 0 Å². The topological polar surface area (TPSA) is 90.3 Å². The molecule has 152 valence electrons. The Kier molecular flexibility index (Phi) is 6.46. The second-order valence-corrected chi connectivity index (χ2v) is 8.44. The van der Waals surface area contributed by atoms with Gasteiger partial charge >= 0.3 is 0 Å². The van der Waals surface area contributed by atoms with Crippen LogP contribution in [0.25, 0.3) is 5.69 Å². The third-order valence-corrected chi connectivity index (χ3v) is 5.99. The smallest absolute Gasteiger partial charge is 0.291 e. The molecule has 1 N–H and O–H groups in total. The van der Waals surface area contributed by atoms with Gasteiger partial charge in [-0.3, -0.25) is 9.52 Å². The van der Waals surface area contributed by atoms with Gasteiger partial charge < -0.3 is 4.74 Å². The predicted molar refractivity (Wildman–Crippen MR) is 113 cm³/mol. The normalized spacial score (nSPS) is 11.3. The first-order valence-corrected chi connectivity index (χ1v) is 10.9. The molecule has 1 aromatic heterocycles. The number of halogens is 2. The molecular formula is C19H17Cl2N3O4S. The first kappa shape index (κ1) is 21.2. The number of hydrogen-bond acceptors (Lipinski definition) is 5. The molecule has 0 aliphatic heterocycles. The highest BCUT2D eigenvalue weighted by Gasteiger charge is 2.17. The highest BCUT2D eigenvalue weighted by molar-refractivity contribution is 7.92. The lowest BCUT2D eigenvalue weighted by Gasteiger charge is -2.13. The van der Waals surface area contributed by atoms with Gasteiger partial charge in [0.1, 0.15) is 10.8 Å². The molecule has 10 heteroatoms. The molecular weight excluding hydrogens is 437 g/mol. The van der Waals surface area contributed by atoms with Gasteiger partial charge in [0.05, 0.1) is 34.1 Å². The fourth-order valence-corrected chi connectivity index (χ4v) is 3.78. The fraction of sp³-hybridized carbons (Fsp3) is 0.158.